The molecule has 6 nitrogen and oxygen atoms in total. The lowest BCUT2D eigenvalue weighted by molar-refractivity contribution is 0.159. The maximum atomic E-state index is 12.1. The normalized spacial score (nSPS) is 17.9. The third-order valence-electron chi connectivity index (χ3n) is 3.70. The first-order chi connectivity index (χ1) is 9.44. The van der Waals surface area contributed by atoms with Crippen LogP contribution in [0.15, 0.2) is 12.3 Å². The molecular weight excluding hydrogens is 256 g/mol. The van der Waals surface area contributed by atoms with Crippen LogP contribution in [0.4, 0.5) is 10.6 Å². The molecule has 0 aliphatic heterocycles. The number of nitrogens with zero attached hydrogens (tertiary/aromatic N) is 2. The molecule has 1 fully saturated rings. The molecule has 1 aromatic rings. The minimum atomic E-state index is -0.535. The lowest BCUT2D eigenvalue weighted by Gasteiger charge is -2.28. The van der Waals surface area contributed by atoms with Gasteiger partial charge in [-0.25, -0.2) is 9.48 Å². The second-order valence-corrected chi connectivity index (χ2v) is 6.22. The van der Waals surface area contributed by atoms with E-state index in [1.54, 1.807) is 16.9 Å². The molecule has 3 N–H and O–H groups in total. The van der Waals surface area contributed by atoms with Gasteiger partial charge in [-0.2, -0.15) is 5.10 Å². The van der Waals surface area contributed by atoms with Gasteiger partial charge < -0.3 is 10.4 Å². The van der Waals surface area contributed by atoms with Gasteiger partial charge in [0.05, 0.1) is 18.3 Å². The van der Waals surface area contributed by atoms with Crippen molar-refractivity contribution in [2.75, 3.05) is 11.9 Å². The average Bonchev–Trinajstić information content (AvgIpc) is 3.14. The number of nitrogens with one attached hydrogen (secondary N) is 2. The summed E-state index contributed by atoms with van der Waals surface area (Å²) in [6, 6.07) is 1.48. The number of hydrogen-bond donors (Lipinski definition) is 3. The van der Waals surface area contributed by atoms with Gasteiger partial charge in [-0.15, -0.1) is 0 Å². The van der Waals surface area contributed by atoms with Crippen molar-refractivity contribution < 1.29 is 9.90 Å². The van der Waals surface area contributed by atoms with Gasteiger partial charge in [0.1, 0.15) is 5.82 Å². The average molecular weight is 280 g/mol. The summed E-state index contributed by atoms with van der Waals surface area (Å²) >= 11 is 0. The molecule has 20 heavy (non-hydrogen) atoms. The van der Waals surface area contributed by atoms with E-state index in [1.165, 1.54) is 0 Å². The number of anilines is 1. The van der Waals surface area contributed by atoms with Crippen LogP contribution in [0.2, 0.25) is 0 Å². The second-order valence-electron chi connectivity index (χ2n) is 6.22. The van der Waals surface area contributed by atoms with Gasteiger partial charge in [0.25, 0.3) is 0 Å². The van der Waals surface area contributed by atoms with Crippen LogP contribution in [0.25, 0.3) is 0 Å². The molecule has 0 aromatic carbocycles. The molecule has 0 radical (unpaired) electrons. The van der Waals surface area contributed by atoms with Gasteiger partial charge in [0, 0.05) is 12.6 Å². The number of urea groups is 1. The third kappa shape index (κ3) is 3.50. The Bertz CT molecular complexity index is 467. The Hall–Kier alpha value is -1.56. The Morgan fingerprint density at radius 1 is 1.60 bits per heavy atom. The number of aliphatic hydroxyl groups excluding tert-OH is 1. The molecule has 1 aromatic heterocycles. The monoisotopic (exact) mass is 280 g/mol. The van der Waals surface area contributed by atoms with E-state index < -0.39 is 5.54 Å². The first-order valence-electron chi connectivity index (χ1n) is 7.16. The summed E-state index contributed by atoms with van der Waals surface area (Å²) in [6.45, 7) is 6.79. The quantitative estimate of drug-likeness (QED) is 0.743. The van der Waals surface area contributed by atoms with Crippen LogP contribution in [0.3, 0.4) is 0 Å². The molecular formula is C14H24N4O2. The summed E-state index contributed by atoms with van der Waals surface area (Å²) in [6.07, 6.45) is 3.79. The fourth-order valence-electron chi connectivity index (χ4n) is 2.33. The highest BCUT2D eigenvalue weighted by Crippen LogP contribution is 2.39. The molecule has 1 aliphatic rings. The molecule has 1 aliphatic carbocycles. The van der Waals surface area contributed by atoms with E-state index in [-0.39, 0.29) is 12.6 Å². The van der Waals surface area contributed by atoms with E-state index in [4.69, 9.17) is 0 Å². The summed E-state index contributed by atoms with van der Waals surface area (Å²) in [5.74, 6) is 1.50. The lowest BCUT2D eigenvalue weighted by Crippen LogP contribution is -2.52. The molecule has 2 amide bonds. The molecule has 0 bridgehead atoms. The Morgan fingerprint density at radius 2 is 2.30 bits per heavy atom. The van der Waals surface area contributed by atoms with E-state index in [0.29, 0.717) is 17.7 Å². The molecule has 112 valence electrons. The molecule has 1 atom stereocenters. The van der Waals surface area contributed by atoms with Gasteiger partial charge >= 0.3 is 6.03 Å². The van der Waals surface area contributed by atoms with Crippen LogP contribution in [0.5, 0.6) is 0 Å². The van der Waals surface area contributed by atoms with Crippen molar-refractivity contribution in [1.29, 1.82) is 0 Å². The minimum Gasteiger partial charge on any atom is -0.394 e. The Morgan fingerprint density at radius 3 is 2.85 bits per heavy atom. The molecule has 6 heteroatoms. The summed E-state index contributed by atoms with van der Waals surface area (Å²) in [7, 11) is 0. The highest BCUT2D eigenvalue weighted by molar-refractivity contribution is 5.88. The van der Waals surface area contributed by atoms with E-state index in [2.05, 4.69) is 29.6 Å². The fraction of sp³-hybridized carbons (Fsp3) is 0.714. The topological polar surface area (TPSA) is 79.2 Å². The number of rotatable bonds is 6. The Labute approximate surface area is 119 Å². The van der Waals surface area contributed by atoms with Gasteiger partial charge in [-0.05, 0) is 31.6 Å². The summed E-state index contributed by atoms with van der Waals surface area (Å²) in [5.41, 5.74) is -0.535. The molecule has 2 rings (SSSR count). The van der Waals surface area contributed by atoms with Crippen LogP contribution in [0.1, 0.15) is 33.6 Å². The van der Waals surface area contributed by atoms with Crippen molar-refractivity contribution in [2.45, 2.75) is 45.7 Å². The van der Waals surface area contributed by atoms with E-state index in [1.807, 2.05) is 6.92 Å². The maximum absolute atomic E-state index is 12.1. The summed E-state index contributed by atoms with van der Waals surface area (Å²) in [5, 5.41) is 19.4. The molecule has 0 spiro atoms. The number of carbonyl (C=O) groups is 1. The van der Waals surface area contributed by atoms with E-state index in [0.717, 1.165) is 19.4 Å². The molecule has 1 heterocycles. The van der Waals surface area contributed by atoms with Crippen molar-refractivity contribution in [3.8, 4) is 0 Å². The van der Waals surface area contributed by atoms with E-state index in [9.17, 15) is 9.90 Å². The van der Waals surface area contributed by atoms with Crippen LogP contribution in [0, 0.1) is 11.8 Å². The van der Waals surface area contributed by atoms with Crippen molar-refractivity contribution in [3.63, 3.8) is 0 Å². The predicted octanol–water partition coefficient (Wildman–Crippen LogP) is 1.82. The third-order valence-corrected chi connectivity index (χ3v) is 3.70. The standard InChI is InChI=1S/C14H24N4O2/c1-10(2)8-18-12(6-7-15-18)16-13(20)17-14(3,9-19)11-4-5-11/h6-7,10-11,19H,4-5,8-9H2,1-3H3,(H2,16,17,20). The number of aliphatic hydroxyl groups is 1. The van der Waals surface area contributed by atoms with E-state index >= 15 is 0 Å². The van der Waals surface area contributed by atoms with Gasteiger partial charge in [-0.3, -0.25) is 5.32 Å². The number of hydrogen-bond acceptors (Lipinski definition) is 3. The second kappa shape index (κ2) is 5.83. The SMILES string of the molecule is CC(C)Cn1nccc1NC(=O)NC(C)(CO)C1CC1. The van der Waals surface area contributed by atoms with Gasteiger partial charge in [0.2, 0.25) is 0 Å². The van der Waals surface area contributed by atoms with Crippen molar-refractivity contribution in [2.24, 2.45) is 11.8 Å². The van der Waals surface area contributed by atoms with Crippen LogP contribution in [-0.4, -0.2) is 33.1 Å². The maximum Gasteiger partial charge on any atom is 0.320 e. The largest absolute Gasteiger partial charge is 0.394 e. The number of amides is 2. The zero-order chi connectivity index (χ0) is 14.8. The van der Waals surface area contributed by atoms with Gasteiger partial charge in [-0.1, -0.05) is 13.8 Å². The predicted molar refractivity (Wildman–Crippen MR) is 77.4 cm³/mol. The smallest absolute Gasteiger partial charge is 0.320 e. The zero-order valence-electron chi connectivity index (χ0n) is 12.4. The Balaban J connectivity index is 1.96. The molecule has 1 unspecified atom stereocenters. The van der Waals surface area contributed by atoms with Crippen LogP contribution < -0.4 is 10.6 Å². The summed E-state index contributed by atoms with van der Waals surface area (Å²) in [4.78, 5) is 12.1. The van der Waals surface area contributed by atoms with Crippen molar-refractivity contribution in [1.82, 2.24) is 15.1 Å². The fourth-order valence-corrected chi connectivity index (χ4v) is 2.33. The lowest BCUT2D eigenvalue weighted by atomic mass is 9.97. The van der Waals surface area contributed by atoms with Crippen LogP contribution in [-0.2, 0) is 6.54 Å². The zero-order valence-corrected chi connectivity index (χ0v) is 12.4. The number of carbonyl (C=O) groups excluding carboxylic acids is 1. The minimum absolute atomic E-state index is 0.0453. The first-order valence-corrected chi connectivity index (χ1v) is 7.16. The van der Waals surface area contributed by atoms with Crippen molar-refractivity contribution >= 4 is 11.8 Å². The first kappa shape index (κ1) is 14.8. The molecule has 1 saturated carbocycles. The Kier molecular flexibility index (Phi) is 4.32. The molecule has 0 saturated heterocycles. The summed E-state index contributed by atoms with van der Waals surface area (Å²) < 4.78 is 1.78. The highest BCUT2D eigenvalue weighted by Gasteiger charge is 2.42. The highest BCUT2D eigenvalue weighted by atomic mass is 16.3. The number of aromatic nitrogens is 2. The van der Waals surface area contributed by atoms with Gasteiger partial charge in [0.15, 0.2) is 0 Å². The van der Waals surface area contributed by atoms with Crippen LogP contribution >= 0.6 is 0 Å². The van der Waals surface area contributed by atoms with Crippen molar-refractivity contribution in [3.05, 3.63) is 12.3 Å².